The van der Waals surface area contributed by atoms with E-state index in [4.69, 9.17) is 4.74 Å². The van der Waals surface area contributed by atoms with Crippen LogP contribution in [0.4, 0.5) is 4.79 Å². The van der Waals surface area contributed by atoms with Crippen LogP contribution < -0.4 is 16.0 Å². The molecule has 1 saturated carbocycles. The van der Waals surface area contributed by atoms with E-state index in [-0.39, 0.29) is 41.5 Å². The van der Waals surface area contributed by atoms with Gasteiger partial charge in [-0.25, -0.2) is 4.79 Å². The summed E-state index contributed by atoms with van der Waals surface area (Å²) in [6.07, 6.45) is 7.12. The number of fused-ring (bicyclic) bond motifs is 2. The number of hydrogen-bond acceptors (Lipinski definition) is 5. The van der Waals surface area contributed by atoms with Crippen molar-refractivity contribution in [1.29, 1.82) is 0 Å². The molecule has 1 heterocycles. The third-order valence-corrected chi connectivity index (χ3v) is 7.92. The van der Waals surface area contributed by atoms with Crippen molar-refractivity contribution in [2.75, 3.05) is 6.54 Å². The smallest absolute Gasteiger partial charge is 0.407 e. The second-order valence-electron chi connectivity index (χ2n) is 12.0. The first-order valence-corrected chi connectivity index (χ1v) is 13.8. The zero-order chi connectivity index (χ0) is 25.9. The average Bonchev–Trinajstić information content (AvgIpc) is 3.22. The molecule has 0 spiro atoms. The van der Waals surface area contributed by atoms with Gasteiger partial charge in [0, 0.05) is 24.9 Å². The normalized spacial score (nSPS) is 28.4. The SMILES string of the molecule is CC(CNC(=O)OC(C)(C)C)CC(=O)C1C(C(=O)NC2CCCc3ccccc32)NC2CCCCC21. The van der Waals surface area contributed by atoms with Crippen LogP contribution in [0.15, 0.2) is 24.3 Å². The molecule has 4 rings (SSSR count). The monoisotopic (exact) mass is 497 g/mol. The fourth-order valence-corrected chi connectivity index (χ4v) is 6.33. The molecule has 2 amide bonds. The molecule has 6 unspecified atom stereocenters. The van der Waals surface area contributed by atoms with E-state index in [1.54, 1.807) is 0 Å². The third-order valence-electron chi connectivity index (χ3n) is 7.92. The minimum atomic E-state index is -0.561. The number of carbonyl (C=O) groups excluding carboxylic acids is 3. The minimum Gasteiger partial charge on any atom is -0.444 e. The van der Waals surface area contributed by atoms with E-state index >= 15 is 0 Å². The number of ether oxygens (including phenoxy) is 1. The Labute approximate surface area is 215 Å². The molecule has 0 aromatic heterocycles. The predicted octanol–water partition coefficient (Wildman–Crippen LogP) is 4.45. The van der Waals surface area contributed by atoms with Crippen molar-refractivity contribution < 1.29 is 19.1 Å². The Hall–Kier alpha value is -2.41. The maximum Gasteiger partial charge on any atom is 0.407 e. The Bertz CT molecular complexity index is 956. The molecule has 7 heteroatoms. The van der Waals surface area contributed by atoms with Crippen LogP contribution in [0.25, 0.3) is 0 Å². The standard InChI is InChI=1S/C29H43N3O4/c1-18(17-30-28(35)36-29(2,3)4)16-24(33)25-21-13-7-8-14-23(21)31-26(25)27(34)32-22-15-9-11-19-10-5-6-12-20(19)22/h5-6,10,12,18,21-23,25-26,31H,7-9,11,13-17H2,1-4H3,(H,30,35)(H,32,34). The van der Waals surface area contributed by atoms with Crippen LogP contribution in [0.5, 0.6) is 0 Å². The lowest BCUT2D eigenvalue weighted by Crippen LogP contribution is -2.48. The number of benzene rings is 1. The van der Waals surface area contributed by atoms with Crippen LogP contribution >= 0.6 is 0 Å². The van der Waals surface area contributed by atoms with E-state index in [0.717, 1.165) is 44.9 Å². The lowest BCUT2D eigenvalue weighted by molar-refractivity contribution is -0.132. The quantitative estimate of drug-likeness (QED) is 0.517. The molecule has 1 aromatic rings. The second-order valence-corrected chi connectivity index (χ2v) is 12.0. The van der Waals surface area contributed by atoms with Crippen molar-refractivity contribution in [3.8, 4) is 0 Å². The second kappa shape index (κ2) is 11.3. The van der Waals surface area contributed by atoms with Crippen LogP contribution in [0.3, 0.4) is 0 Å². The number of alkyl carbamates (subject to hydrolysis) is 1. The highest BCUT2D eigenvalue weighted by atomic mass is 16.6. The average molecular weight is 498 g/mol. The molecule has 3 aliphatic rings. The van der Waals surface area contributed by atoms with Crippen molar-refractivity contribution in [2.45, 2.75) is 103 Å². The molecule has 2 fully saturated rings. The van der Waals surface area contributed by atoms with Gasteiger partial charge in [-0.15, -0.1) is 0 Å². The summed E-state index contributed by atoms with van der Waals surface area (Å²) in [6.45, 7) is 7.80. The van der Waals surface area contributed by atoms with Crippen LogP contribution in [-0.4, -0.2) is 42.0 Å². The fourth-order valence-electron chi connectivity index (χ4n) is 6.33. The van der Waals surface area contributed by atoms with Gasteiger partial charge < -0.3 is 20.7 Å². The van der Waals surface area contributed by atoms with Crippen LogP contribution in [-0.2, 0) is 20.7 Å². The van der Waals surface area contributed by atoms with Gasteiger partial charge in [-0.1, -0.05) is 44.0 Å². The molecule has 1 aromatic carbocycles. The van der Waals surface area contributed by atoms with E-state index in [1.807, 2.05) is 33.8 Å². The zero-order valence-electron chi connectivity index (χ0n) is 22.3. The molecule has 6 atom stereocenters. The highest BCUT2D eigenvalue weighted by Gasteiger charge is 2.50. The largest absolute Gasteiger partial charge is 0.444 e. The highest BCUT2D eigenvalue weighted by Crippen LogP contribution is 2.40. The maximum absolute atomic E-state index is 13.6. The molecular weight excluding hydrogens is 454 g/mol. The number of rotatable bonds is 7. The number of Topliss-reactive ketones (excluding diaryl/α,β-unsaturated/α-hetero) is 1. The predicted molar refractivity (Wildman–Crippen MR) is 139 cm³/mol. The summed E-state index contributed by atoms with van der Waals surface area (Å²) in [5, 5.41) is 9.64. The summed E-state index contributed by atoms with van der Waals surface area (Å²) in [5.41, 5.74) is 1.95. The highest BCUT2D eigenvalue weighted by molar-refractivity contribution is 5.92. The summed E-state index contributed by atoms with van der Waals surface area (Å²) in [6, 6.07) is 8.07. The lowest BCUT2D eigenvalue weighted by atomic mass is 9.75. The topological polar surface area (TPSA) is 96.5 Å². The summed E-state index contributed by atoms with van der Waals surface area (Å²) in [5.74, 6) is -0.0880. The van der Waals surface area contributed by atoms with Crippen LogP contribution in [0, 0.1) is 17.8 Å². The van der Waals surface area contributed by atoms with Gasteiger partial charge >= 0.3 is 6.09 Å². The number of aryl methyl sites for hydroxylation is 1. The van der Waals surface area contributed by atoms with E-state index in [0.29, 0.717) is 13.0 Å². The summed E-state index contributed by atoms with van der Waals surface area (Å²) < 4.78 is 5.31. The van der Waals surface area contributed by atoms with E-state index in [1.165, 1.54) is 11.1 Å². The molecule has 198 valence electrons. The fraction of sp³-hybridized carbons (Fsp3) is 0.690. The Balaban J connectivity index is 1.41. The first-order valence-electron chi connectivity index (χ1n) is 13.8. The molecule has 2 aliphatic carbocycles. The number of ketones is 1. The van der Waals surface area contributed by atoms with Crippen molar-refractivity contribution in [2.24, 2.45) is 17.8 Å². The van der Waals surface area contributed by atoms with Crippen molar-refractivity contribution in [3.63, 3.8) is 0 Å². The molecule has 7 nitrogen and oxygen atoms in total. The molecule has 1 saturated heterocycles. The van der Waals surface area contributed by atoms with E-state index in [2.05, 4.69) is 34.1 Å². The number of amides is 2. The van der Waals surface area contributed by atoms with Crippen LogP contribution in [0.2, 0.25) is 0 Å². The number of nitrogens with one attached hydrogen (secondary N) is 3. The molecule has 36 heavy (non-hydrogen) atoms. The Morgan fingerprint density at radius 1 is 1.08 bits per heavy atom. The maximum atomic E-state index is 13.6. The van der Waals surface area contributed by atoms with Gasteiger partial charge in [0.05, 0.1) is 12.1 Å². The van der Waals surface area contributed by atoms with Gasteiger partial charge in [0.1, 0.15) is 11.4 Å². The Kier molecular flexibility index (Phi) is 8.38. The number of hydrogen-bond donors (Lipinski definition) is 3. The summed E-state index contributed by atoms with van der Waals surface area (Å²) >= 11 is 0. The molecule has 1 aliphatic heterocycles. The van der Waals surface area contributed by atoms with Gasteiger partial charge in [-0.2, -0.15) is 0 Å². The van der Waals surface area contributed by atoms with Gasteiger partial charge in [0.25, 0.3) is 0 Å². The molecule has 3 N–H and O–H groups in total. The van der Waals surface area contributed by atoms with Crippen molar-refractivity contribution >= 4 is 17.8 Å². The zero-order valence-corrected chi connectivity index (χ0v) is 22.3. The first-order chi connectivity index (χ1) is 17.1. The van der Waals surface area contributed by atoms with Crippen LogP contribution in [0.1, 0.15) is 89.8 Å². The van der Waals surface area contributed by atoms with Gasteiger partial charge in [-0.3, -0.25) is 9.59 Å². The molecule has 0 radical (unpaired) electrons. The van der Waals surface area contributed by atoms with Crippen molar-refractivity contribution in [1.82, 2.24) is 16.0 Å². The van der Waals surface area contributed by atoms with Gasteiger partial charge in [0.2, 0.25) is 5.91 Å². The first kappa shape index (κ1) is 26.6. The van der Waals surface area contributed by atoms with Crippen molar-refractivity contribution in [3.05, 3.63) is 35.4 Å². The van der Waals surface area contributed by atoms with E-state index < -0.39 is 17.7 Å². The van der Waals surface area contributed by atoms with Gasteiger partial charge in [-0.05, 0) is 75.8 Å². The minimum absolute atomic E-state index is 0.000387. The lowest BCUT2D eigenvalue weighted by Gasteiger charge is -2.30. The number of carbonyl (C=O) groups is 3. The Morgan fingerprint density at radius 3 is 2.61 bits per heavy atom. The summed E-state index contributed by atoms with van der Waals surface area (Å²) in [4.78, 5) is 39.3. The molecular formula is C29H43N3O4. The van der Waals surface area contributed by atoms with E-state index in [9.17, 15) is 14.4 Å². The molecule has 0 bridgehead atoms. The summed E-state index contributed by atoms with van der Waals surface area (Å²) in [7, 11) is 0. The third kappa shape index (κ3) is 6.47. The van der Waals surface area contributed by atoms with Gasteiger partial charge in [0.15, 0.2) is 0 Å². The Morgan fingerprint density at radius 2 is 1.83 bits per heavy atom.